The van der Waals surface area contributed by atoms with E-state index in [2.05, 4.69) is 10.3 Å². The first-order chi connectivity index (χ1) is 12.9. The van der Waals surface area contributed by atoms with Gasteiger partial charge in [0.05, 0.1) is 11.1 Å². The van der Waals surface area contributed by atoms with Crippen LogP contribution in [0.2, 0.25) is 0 Å². The van der Waals surface area contributed by atoms with E-state index < -0.39 is 0 Å². The molecule has 2 heterocycles. The van der Waals surface area contributed by atoms with E-state index in [9.17, 15) is 9.59 Å². The Morgan fingerprint density at radius 1 is 1.33 bits per heavy atom. The first-order valence-corrected chi connectivity index (χ1v) is 10.8. The summed E-state index contributed by atoms with van der Waals surface area (Å²) in [5.74, 6) is 0.111. The largest absolute Gasteiger partial charge is 0.325 e. The summed E-state index contributed by atoms with van der Waals surface area (Å²) >= 11 is 2.92. The molecule has 2 aromatic heterocycles. The summed E-state index contributed by atoms with van der Waals surface area (Å²) in [6, 6.07) is 5.93. The average molecular weight is 400 g/mol. The summed E-state index contributed by atoms with van der Waals surface area (Å²) in [4.78, 5) is 31.9. The molecule has 7 heteroatoms. The van der Waals surface area contributed by atoms with Crippen molar-refractivity contribution in [2.45, 2.75) is 38.3 Å². The Morgan fingerprint density at radius 2 is 2.15 bits per heavy atom. The van der Waals surface area contributed by atoms with Crippen LogP contribution in [-0.4, -0.2) is 21.2 Å². The Kier molecular flexibility index (Phi) is 4.82. The molecule has 0 saturated heterocycles. The van der Waals surface area contributed by atoms with Gasteiger partial charge >= 0.3 is 0 Å². The molecule has 0 fully saturated rings. The normalized spacial score (nSPS) is 13.1. The van der Waals surface area contributed by atoms with Gasteiger partial charge in [0.1, 0.15) is 4.83 Å². The van der Waals surface area contributed by atoms with Crippen molar-refractivity contribution in [3.63, 3.8) is 0 Å². The van der Waals surface area contributed by atoms with E-state index in [0.29, 0.717) is 5.16 Å². The summed E-state index contributed by atoms with van der Waals surface area (Å²) < 4.78 is 1.57. The van der Waals surface area contributed by atoms with Gasteiger partial charge in [-0.2, -0.15) is 0 Å². The number of hydrogen-bond donors (Lipinski definition) is 1. The zero-order valence-corrected chi connectivity index (χ0v) is 17.2. The standard InChI is InChI=1S/C20H21N3O2S2/c1-11-7-8-14(12(2)9-11)21-16(24)10-26-20-22-18-17(19(25)23(20)3)13-5-4-6-15(13)27-18/h7-9H,4-6,10H2,1-3H3,(H,21,24). The highest BCUT2D eigenvalue weighted by Crippen LogP contribution is 2.35. The summed E-state index contributed by atoms with van der Waals surface area (Å²) in [6.45, 7) is 4.00. The van der Waals surface area contributed by atoms with E-state index in [1.807, 2.05) is 32.0 Å². The zero-order chi connectivity index (χ0) is 19.1. The molecule has 3 aromatic rings. The molecule has 27 heavy (non-hydrogen) atoms. The van der Waals surface area contributed by atoms with Gasteiger partial charge in [0.25, 0.3) is 5.56 Å². The van der Waals surface area contributed by atoms with E-state index in [1.165, 1.54) is 22.2 Å². The third-order valence-electron chi connectivity index (χ3n) is 4.89. The number of amides is 1. The fraction of sp³-hybridized carbons (Fsp3) is 0.350. The van der Waals surface area contributed by atoms with E-state index in [-0.39, 0.29) is 17.2 Å². The summed E-state index contributed by atoms with van der Waals surface area (Å²) in [6.07, 6.45) is 3.13. The molecule has 0 atom stereocenters. The third kappa shape index (κ3) is 3.41. The number of nitrogens with one attached hydrogen (secondary N) is 1. The Morgan fingerprint density at radius 3 is 2.93 bits per heavy atom. The number of hydrogen-bond acceptors (Lipinski definition) is 5. The molecule has 140 valence electrons. The molecule has 0 unspecified atom stereocenters. The van der Waals surface area contributed by atoms with Gasteiger partial charge in [-0.1, -0.05) is 29.5 Å². The smallest absolute Gasteiger partial charge is 0.262 e. The highest BCUT2D eigenvalue weighted by atomic mass is 32.2. The lowest BCUT2D eigenvalue weighted by Gasteiger charge is -2.10. The molecule has 1 aliphatic carbocycles. The number of benzene rings is 1. The molecule has 0 radical (unpaired) electrons. The topological polar surface area (TPSA) is 64.0 Å². The van der Waals surface area contributed by atoms with Gasteiger partial charge in [0, 0.05) is 17.6 Å². The summed E-state index contributed by atoms with van der Waals surface area (Å²) in [5.41, 5.74) is 4.20. The SMILES string of the molecule is Cc1ccc(NC(=O)CSc2nc3sc4c(c3c(=O)n2C)CCC4)c(C)c1. The molecule has 0 saturated carbocycles. The first kappa shape index (κ1) is 18.3. The minimum atomic E-state index is -0.102. The summed E-state index contributed by atoms with van der Waals surface area (Å²) in [5, 5.41) is 4.30. The van der Waals surface area contributed by atoms with E-state index in [4.69, 9.17) is 0 Å². The lowest BCUT2D eigenvalue weighted by atomic mass is 10.1. The maximum atomic E-state index is 12.8. The first-order valence-electron chi connectivity index (χ1n) is 8.95. The minimum absolute atomic E-state index is 0.00307. The predicted molar refractivity (Wildman–Crippen MR) is 112 cm³/mol. The maximum Gasteiger partial charge on any atom is 0.262 e. The molecule has 5 nitrogen and oxygen atoms in total. The van der Waals surface area contributed by atoms with Gasteiger partial charge in [0.15, 0.2) is 5.16 Å². The number of thioether (sulfide) groups is 1. The van der Waals surface area contributed by atoms with Gasteiger partial charge in [-0.15, -0.1) is 11.3 Å². The number of thiophene rings is 1. The number of nitrogens with zero attached hydrogens (tertiary/aromatic N) is 2. The Bertz CT molecular complexity index is 1110. The number of carbonyl (C=O) groups is 1. The van der Waals surface area contributed by atoms with Crippen LogP contribution in [0.4, 0.5) is 5.69 Å². The second kappa shape index (κ2) is 7.13. The molecule has 1 N–H and O–H groups in total. The second-order valence-corrected chi connectivity index (χ2v) is 8.98. The van der Waals surface area contributed by atoms with Crippen molar-refractivity contribution in [1.82, 2.24) is 9.55 Å². The number of carbonyl (C=O) groups excluding carboxylic acids is 1. The fourth-order valence-corrected chi connectivity index (χ4v) is 5.58. The van der Waals surface area contributed by atoms with E-state index in [0.717, 1.165) is 46.3 Å². The van der Waals surface area contributed by atoms with E-state index in [1.54, 1.807) is 23.0 Å². The predicted octanol–water partition coefficient (Wildman–Crippen LogP) is 3.83. The van der Waals surface area contributed by atoms with Crippen molar-refractivity contribution >= 4 is 44.9 Å². The zero-order valence-electron chi connectivity index (χ0n) is 15.6. The van der Waals surface area contributed by atoms with E-state index >= 15 is 0 Å². The van der Waals surface area contributed by atoms with Crippen LogP contribution in [-0.2, 0) is 24.7 Å². The highest BCUT2D eigenvalue weighted by Gasteiger charge is 2.22. The Hall–Kier alpha value is -2.12. The molecule has 0 spiro atoms. The monoisotopic (exact) mass is 399 g/mol. The van der Waals surface area contributed by atoms with Crippen LogP contribution in [0.5, 0.6) is 0 Å². The number of fused-ring (bicyclic) bond motifs is 3. The quantitative estimate of drug-likeness (QED) is 0.535. The Balaban J connectivity index is 1.53. The highest BCUT2D eigenvalue weighted by molar-refractivity contribution is 7.99. The second-order valence-electron chi connectivity index (χ2n) is 6.95. The van der Waals surface area contributed by atoms with Crippen LogP contribution < -0.4 is 10.9 Å². The third-order valence-corrected chi connectivity index (χ3v) is 7.11. The van der Waals surface area contributed by atoms with Gasteiger partial charge in [-0.25, -0.2) is 4.98 Å². The molecule has 0 aliphatic heterocycles. The van der Waals surface area contributed by atoms with Crippen LogP contribution >= 0.6 is 23.1 Å². The molecule has 1 amide bonds. The van der Waals surface area contributed by atoms with Crippen molar-refractivity contribution in [3.8, 4) is 0 Å². The molecule has 4 rings (SSSR count). The van der Waals surface area contributed by atoms with Crippen LogP contribution in [0.25, 0.3) is 10.2 Å². The molecule has 1 aliphatic rings. The van der Waals surface area contributed by atoms with Crippen molar-refractivity contribution < 1.29 is 4.79 Å². The van der Waals surface area contributed by atoms with Crippen molar-refractivity contribution in [2.75, 3.05) is 11.1 Å². The number of aryl methyl sites for hydroxylation is 4. The number of anilines is 1. The van der Waals surface area contributed by atoms with Crippen LogP contribution in [0.15, 0.2) is 28.2 Å². The molecule has 1 aromatic carbocycles. The van der Waals surface area contributed by atoms with Crippen LogP contribution in [0.1, 0.15) is 28.0 Å². The molecular formula is C20H21N3O2S2. The minimum Gasteiger partial charge on any atom is -0.325 e. The van der Waals surface area contributed by atoms with Crippen molar-refractivity contribution in [1.29, 1.82) is 0 Å². The van der Waals surface area contributed by atoms with Crippen molar-refractivity contribution in [2.24, 2.45) is 7.05 Å². The fourth-order valence-electron chi connectivity index (χ4n) is 3.50. The molecular weight excluding hydrogens is 378 g/mol. The summed E-state index contributed by atoms with van der Waals surface area (Å²) in [7, 11) is 1.73. The molecule has 0 bridgehead atoms. The average Bonchev–Trinajstić information content (AvgIpc) is 3.20. The number of rotatable bonds is 4. The van der Waals surface area contributed by atoms with Gasteiger partial charge in [-0.05, 0) is 50.3 Å². The van der Waals surface area contributed by atoms with Crippen LogP contribution in [0.3, 0.4) is 0 Å². The van der Waals surface area contributed by atoms with Gasteiger partial charge < -0.3 is 5.32 Å². The van der Waals surface area contributed by atoms with Gasteiger partial charge in [0.2, 0.25) is 5.91 Å². The number of aromatic nitrogens is 2. The lowest BCUT2D eigenvalue weighted by Crippen LogP contribution is -2.21. The lowest BCUT2D eigenvalue weighted by molar-refractivity contribution is -0.113. The van der Waals surface area contributed by atoms with Crippen molar-refractivity contribution in [3.05, 3.63) is 50.1 Å². The van der Waals surface area contributed by atoms with Gasteiger partial charge in [-0.3, -0.25) is 14.2 Å². The maximum absolute atomic E-state index is 12.8. The van der Waals surface area contributed by atoms with Crippen LogP contribution in [0, 0.1) is 13.8 Å². The Labute approximate surface area is 165 Å².